The molecule has 108 valence electrons. The zero-order valence-electron chi connectivity index (χ0n) is 12.4. The van der Waals surface area contributed by atoms with Crippen LogP contribution in [0.4, 0.5) is 0 Å². The van der Waals surface area contributed by atoms with E-state index in [2.05, 4.69) is 36.4 Å². The molecule has 1 heteroatoms. The standard InChI is InChI=1S/C21H18O/c22-21(12-15-6-2-1-3-7-15)17-10-11-20-18(14-17)13-16-8-4-5-9-19(16)20/h1-11,14,18,20H,12-13H2/t18-,20-/m0/s1. The molecule has 2 aromatic rings. The van der Waals surface area contributed by atoms with E-state index in [-0.39, 0.29) is 5.78 Å². The van der Waals surface area contributed by atoms with Gasteiger partial charge in [-0.2, -0.15) is 0 Å². The van der Waals surface area contributed by atoms with E-state index in [1.165, 1.54) is 11.1 Å². The highest BCUT2D eigenvalue weighted by molar-refractivity contribution is 5.99. The van der Waals surface area contributed by atoms with Crippen molar-refractivity contribution in [1.29, 1.82) is 0 Å². The molecule has 0 aliphatic heterocycles. The van der Waals surface area contributed by atoms with Crippen molar-refractivity contribution in [2.45, 2.75) is 18.8 Å². The first-order chi connectivity index (χ1) is 10.8. The van der Waals surface area contributed by atoms with Gasteiger partial charge in [0.15, 0.2) is 5.78 Å². The number of hydrogen-bond donors (Lipinski definition) is 0. The summed E-state index contributed by atoms with van der Waals surface area (Å²) in [5.74, 6) is 1.11. The Morgan fingerprint density at radius 3 is 2.64 bits per heavy atom. The third-order valence-electron chi connectivity index (χ3n) is 4.74. The molecule has 2 atom stereocenters. The summed E-state index contributed by atoms with van der Waals surface area (Å²) < 4.78 is 0. The summed E-state index contributed by atoms with van der Waals surface area (Å²) in [6, 6.07) is 18.6. The molecule has 0 aromatic heterocycles. The van der Waals surface area contributed by atoms with Crippen LogP contribution in [0.15, 0.2) is 78.4 Å². The van der Waals surface area contributed by atoms with Crippen LogP contribution in [-0.4, -0.2) is 5.78 Å². The summed E-state index contributed by atoms with van der Waals surface area (Å²) >= 11 is 0. The lowest BCUT2D eigenvalue weighted by Gasteiger charge is -2.19. The number of benzene rings is 2. The lowest BCUT2D eigenvalue weighted by molar-refractivity contribution is -0.114. The molecule has 22 heavy (non-hydrogen) atoms. The predicted molar refractivity (Wildman–Crippen MR) is 88.8 cm³/mol. The van der Waals surface area contributed by atoms with Crippen molar-refractivity contribution >= 4 is 5.78 Å². The smallest absolute Gasteiger partial charge is 0.166 e. The van der Waals surface area contributed by atoms with E-state index in [0.717, 1.165) is 17.6 Å². The Kier molecular flexibility index (Phi) is 3.27. The first-order valence-corrected chi connectivity index (χ1v) is 7.86. The topological polar surface area (TPSA) is 17.1 Å². The van der Waals surface area contributed by atoms with E-state index in [1.807, 2.05) is 36.4 Å². The van der Waals surface area contributed by atoms with E-state index in [0.29, 0.717) is 18.3 Å². The largest absolute Gasteiger partial charge is 0.294 e. The molecule has 2 aliphatic carbocycles. The van der Waals surface area contributed by atoms with Gasteiger partial charge in [-0.3, -0.25) is 4.79 Å². The van der Waals surface area contributed by atoms with Crippen molar-refractivity contribution in [1.82, 2.24) is 0 Å². The highest BCUT2D eigenvalue weighted by Crippen LogP contribution is 2.42. The highest BCUT2D eigenvalue weighted by Gasteiger charge is 2.31. The second kappa shape index (κ2) is 5.42. The molecule has 0 unspecified atom stereocenters. The molecule has 2 aliphatic rings. The number of hydrogen-bond acceptors (Lipinski definition) is 1. The van der Waals surface area contributed by atoms with Crippen molar-refractivity contribution in [2.24, 2.45) is 5.92 Å². The number of allylic oxidation sites excluding steroid dienone is 4. The summed E-state index contributed by atoms with van der Waals surface area (Å²) in [6.45, 7) is 0. The second-order valence-corrected chi connectivity index (χ2v) is 6.16. The lowest BCUT2D eigenvalue weighted by Crippen LogP contribution is -2.13. The minimum absolute atomic E-state index is 0.219. The van der Waals surface area contributed by atoms with Gasteiger partial charge in [0.05, 0.1) is 0 Å². The van der Waals surface area contributed by atoms with Gasteiger partial charge in [-0.25, -0.2) is 0 Å². The van der Waals surface area contributed by atoms with Crippen LogP contribution in [-0.2, 0) is 17.6 Å². The van der Waals surface area contributed by atoms with Crippen LogP contribution in [0.2, 0.25) is 0 Å². The Balaban J connectivity index is 1.55. The molecule has 0 spiro atoms. The molecule has 0 N–H and O–H groups in total. The van der Waals surface area contributed by atoms with Crippen LogP contribution in [0, 0.1) is 5.92 Å². The molecule has 0 amide bonds. The zero-order chi connectivity index (χ0) is 14.9. The summed E-state index contributed by atoms with van der Waals surface area (Å²) in [7, 11) is 0. The van der Waals surface area contributed by atoms with Crippen molar-refractivity contribution < 1.29 is 4.79 Å². The normalized spacial score (nSPS) is 21.9. The zero-order valence-corrected chi connectivity index (χ0v) is 12.4. The predicted octanol–water partition coefficient (Wildman–Crippen LogP) is 4.25. The maximum absolute atomic E-state index is 12.5. The SMILES string of the molecule is O=C(Cc1ccccc1)C1=C[C@@H]2Cc3ccccc3[C@H]2C=C1. The van der Waals surface area contributed by atoms with Crippen LogP contribution in [0.25, 0.3) is 0 Å². The number of fused-ring (bicyclic) bond motifs is 3. The molecular weight excluding hydrogens is 268 g/mol. The Labute approximate surface area is 131 Å². The molecule has 1 nitrogen and oxygen atoms in total. The van der Waals surface area contributed by atoms with E-state index in [1.54, 1.807) is 0 Å². The minimum atomic E-state index is 0.219. The van der Waals surface area contributed by atoms with Crippen LogP contribution in [0.1, 0.15) is 22.6 Å². The number of carbonyl (C=O) groups is 1. The van der Waals surface area contributed by atoms with Gasteiger partial charge in [0.2, 0.25) is 0 Å². The Bertz CT molecular complexity index is 768. The van der Waals surface area contributed by atoms with E-state index in [4.69, 9.17) is 0 Å². The average molecular weight is 286 g/mol. The quantitative estimate of drug-likeness (QED) is 0.824. The van der Waals surface area contributed by atoms with E-state index >= 15 is 0 Å². The van der Waals surface area contributed by atoms with Gasteiger partial charge in [-0.05, 0) is 29.0 Å². The van der Waals surface area contributed by atoms with Crippen molar-refractivity contribution in [3.05, 3.63) is 95.1 Å². The first kappa shape index (κ1) is 13.3. The van der Waals surface area contributed by atoms with E-state index in [9.17, 15) is 4.79 Å². The monoisotopic (exact) mass is 286 g/mol. The average Bonchev–Trinajstić information content (AvgIpc) is 2.93. The van der Waals surface area contributed by atoms with Gasteiger partial charge in [0.1, 0.15) is 0 Å². The van der Waals surface area contributed by atoms with E-state index < -0.39 is 0 Å². The number of Topliss-reactive ketones (excluding diaryl/α,β-unsaturated/α-hetero) is 1. The third kappa shape index (κ3) is 2.33. The van der Waals surface area contributed by atoms with Gasteiger partial charge < -0.3 is 0 Å². The molecule has 0 heterocycles. The fourth-order valence-corrected chi connectivity index (χ4v) is 3.63. The Morgan fingerprint density at radius 2 is 1.77 bits per heavy atom. The van der Waals surface area contributed by atoms with Gasteiger partial charge in [0.25, 0.3) is 0 Å². The molecule has 0 bridgehead atoms. The van der Waals surface area contributed by atoms with Gasteiger partial charge >= 0.3 is 0 Å². The summed E-state index contributed by atoms with van der Waals surface area (Å²) in [4.78, 5) is 12.5. The number of carbonyl (C=O) groups excluding carboxylic acids is 1. The number of rotatable bonds is 3. The first-order valence-electron chi connectivity index (χ1n) is 7.86. The van der Waals surface area contributed by atoms with Crippen LogP contribution in [0.3, 0.4) is 0 Å². The highest BCUT2D eigenvalue weighted by atomic mass is 16.1. The van der Waals surface area contributed by atoms with Crippen molar-refractivity contribution in [3.8, 4) is 0 Å². The fraction of sp³-hybridized carbons (Fsp3) is 0.190. The Morgan fingerprint density at radius 1 is 1.00 bits per heavy atom. The lowest BCUT2D eigenvalue weighted by atomic mass is 9.84. The minimum Gasteiger partial charge on any atom is -0.294 e. The summed E-state index contributed by atoms with van der Waals surface area (Å²) in [5, 5.41) is 0. The van der Waals surface area contributed by atoms with Crippen LogP contribution >= 0.6 is 0 Å². The maximum Gasteiger partial charge on any atom is 0.166 e. The Hall–Kier alpha value is -2.41. The summed E-state index contributed by atoms with van der Waals surface area (Å²) in [6.07, 6.45) is 7.97. The summed E-state index contributed by atoms with van der Waals surface area (Å²) in [5.41, 5.74) is 4.81. The fourth-order valence-electron chi connectivity index (χ4n) is 3.63. The maximum atomic E-state index is 12.5. The van der Waals surface area contributed by atoms with Gasteiger partial charge in [-0.15, -0.1) is 0 Å². The van der Waals surface area contributed by atoms with Crippen molar-refractivity contribution in [2.75, 3.05) is 0 Å². The second-order valence-electron chi connectivity index (χ2n) is 6.16. The third-order valence-corrected chi connectivity index (χ3v) is 4.74. The number of ketones is 1. The van der Waals surface area contributed by atoms with Crippen molar-refractivity contribution in [3.63, 3.8) is 0 Å². The van der Waals surface area contributed by atoms with Gasteiger partial charge in [0, 0.05) is 17.9 Å². The molecule has 0 fully saturated rings. The molecular formula is C21H18O. The molecule has 4 rings (SSSR count). The molecule has 0 saturated heterocycles. The van der Waals surface area contributed by atoms with Crippen LogP contribution < -0.4 is 0 Å². The molecule has 0 radical (unpaired) electrons. The molecule has 2 aromatic carbocycles. The van der Waals surface area contributed by atoms with Crippen LogP contribution in [0.5, 0.6) is 0 Å². The molecule has 0 saturated carbocycles. The van der Waals surface area contributed by atoms with Gasteiger partial charge in [-0.1, -0.05) is 72.8 Å².